The van der Waals surface area contributed by atoms with Crippen LogP contribution in [0.4, 0.5) is 14.9 Å². The summed E-state index contributed by atoms with van der Waals surface area (Å²) in [7, 11) is 1.25. The number of ether oxygens (including phenoxy) is 1. The van der Waals surface area contributed by atoms with E-state index in [9.17, 15) is 14.0 Å². The van der Waals surface area contributed by atoms with Crippen LogP contribution in [0.1, 0.15) is 13.8 Å². The molecule has 6 heteroatoms. The van der Waals surface area contributed by atoms with Crippen molar-refractivity contribution in [1.29, 1.82) is 0 Å². The maximum atomic E-state index is 12.9. The number of rotatable bonds is 4. The number of methoxy groups -OCH3 is 1. The van der Waals surface area contributed by atoms with Gasteiger partial charge in [-0.25, -0.2) is 14.0 Å². The smallest absolute Gasteiger partial charge is 0.328 e. The van der Waals surface area contributed by atoms with Crippen molar-refractivity contribution in [3.63, 3.8) is 0 Å². The maximum Gasteiger partial charge on any atom is 0.328 e. The monoisotopic (exact) mass is 268 g/mol. The molecule has 104 valence electrons. The molecule has 1 aromatic carbocycles. The zero-order chi connectivity index (χ0) is 14.4. The Kier molecular flexibility index (Phi) is 5.29. The summed E-state index contributed by atoms with van der Waals surface area (Å²) in [6.45, 7) is 3.56. The zero-order valence-corrected chi connectivity index (χ0v) is 11.1. The average Bonchev–Trinajstić information content (AvgIpc) is 2.34. The molecule has 2 N–H and O–H groups in total. The van der Waals surface area contributed by atoms with Gasteiger partial charge in [0.05, 0.1) is 7.11 Å². The highest BCUT2D eigenvalue weighted by atomic mass is 19.1. The van der Waals surface area contributed by atoms with Gasteiger partial charge in [0.1, 0.15) is 11.9 Å². The number of benzene rings is 1. The van der Waals surface area contributed by atoms with E-state index in [1.165, 1.54) is 25.3 Å². The fraction of sp³-hybridized carbons (Fsp3) is 0.385. The third kappa shape index (κ3) is 4.57. The fourth-order valence-corrected chi connectivity index (χ4v) is 1.50. The van der Waals surface area contributed by atoms with E-state index in [1.54, 1.807) is 19.9 Å². The van der Waals surface area contributed by atoms with Crippen LogP contribution >= 0.6 is 0 Å². The van der Waals surface area contributed by atoms with Gasteiger partial charge in [-0.15, -0.1) is 0 Å². The van der Waals surface area contributed by atoms with Crippen LogP contribution in [0.15, 0.2) is 24.3 Å². The van der Waals surface area contributed by atoms with Gasteiger partial charge in [-0.1, -0.05) is 19.9 Å². The lowest BCUT2D eigenvalue weighted by atomic mass is 10.1. The summed E-state index contributed by atoms with van der Waals surface area (Å²) in [5.41, 5.74) is 0.310. The molecule has 0 heterocycles. The van der Waals surface area contributed by atoms with Crippen LogP contribution in [0.5, 0.6) is 0 Å². The Morgan fingerprint density at radius 3 is 2.53 bits per heavy atom. The van der Waals surface area contributed by atoms with Crippen LogP contribution in [0.3, 0.4) is 0 Å². The molecule has 0 saturated carbocycles. The third-order valence-electron chi connectivity index (χ3n) is 2.49. The van der Waals surface area contributed by atoms with Gasteiger partial charge in [0.25, 0.3) is 0 Å². The number of hydrogen-bond acceptors (Lipinski definition) is 3. The minimum absolute atomic E-state index is 0.120. The topological polar surface area (TPSA) is 67.4 Å². The van der Waals surface area contributed by atoms with Crippen molar-refractivity contribution in [3.8, 4) is 0 Å². The lowest BCUT2D eigenvalue weighted by molar-refractivity contribution is -0.143. The Morgan fingerprint density at radius 1 is 1.32 bits per heavy atom. The van der Waals surface area contributed by atoms with E-state index in [2.05, 4.69) is 15.4 Å². The van der Waals surface area contributed by atoms with Gasteiger partial charge >= 0.3 is 12.0 Å². The molecular formula is C13H17FN2O3. The van der Waals surface area contributed by atoms with E-state index in [0.29, 0.717) is 5.69 Å². The van der Waals surface area contributed by atoms with Gasteiger partial charge in [0.15, 0.2) is 0 Å². The number of carbonyl (C=O) groups is 2. The summed E-state index contributed by atoms with van der Waals surface area (Å²) in [6.07, 6.45) is 0. The van der Waals surface area contributed by atoms with E-state index >= 15 is 0 Å². The number of anilines is 1. The summed E-state index contributed by atoms with van der Waals surface area (Å²) in [4.78, 5) is 23.2. The predicted octanol–water partition coefficient (Wildman–Crippen LogP) is 2.14. The normalized spacial score (nSPS) is 11.8. The van der Waals surface area contributed by atoms with Crippen LogP contribution < -0.4 is 10.6 Å². The molecule has 1 atom stereocenters. The molecule has 19 heavy (non-hydrogen) atoms. The van der Waals surface area contributed by atoms with Gasteiger partial charge in [-0.3, -0.25) is 0 Å². The predicted molar refractivity (Wildman–Crippen MR) is 69.2 cm³/mol. The Balaban J connectivity index is 2.65. The summed E-state index contributed by atoms with van der Waals surface area (Å²) in [6, 6.07) is 4.14. The molecule has 0 aliphatic rings. The molecule has 0 bridgehead atoms. The first-order chi connectivity index (χ1) is 8.93. The maximum absolute atomic E-state index is 12.9. The van der Waals surface area contributed by atoms with Crippen LogP contribution in [-0.4, -0.2) is 25.2 Å². The minimum atomic E-state index is -0.751. The second kappa shape index (κ2) is 6.72. The Hall–Kier alpha value is -2.11. The molecule has 0 spiro atoms. The van der Waals surface area contributed by atoms with Crippen molar-refractivity contribution in [2.45, 2.75) is 19.9 Å². The van der Waals surface area contributed by atoms with E-state index in [0.717, 1.165) is 0 Å². The van der Waals surface area contributed by atoms with Crippen LogP contribution in [0, 0.1) is 11.7 Å². The number of hydrogen-bond donors (Lipinski definition) is 2. The Labute approximate surface area is 111 Å². The van der Waals surface area contributed by atoms with Crippen molar-refractivity contribution in [3.05, 3.63) is 30.1 Å². The SMILES string of the molecule is COC(=O)C(NC(=O)Nc1cccc(F)c1)C(C)C. The number of amides is 2. The molecule has 0 saturated heterocycles. The Bertz CT molecular complexity index is 463. The molecule has 5 nitrogen and oxygen atoms in total. The molecule has 1 aromatic rings. The highest BCUT2D eigenvalue weighted by Crippen LogP contribution is 2.09. The quantitative estimate of drug-likeness (QED) is 0.822. The van der Waals surface area contributed by atoms with Gasteiger partial charge in [-0.05, 0) is 24.1 Å². The molecule has 1 unspecified atom stereocenters. The largest absolute Gasteiger partial charge is 0.467 e. The molecule has 0 aliphatic heterocycles. The highest BCUT2D eigenvalue weighted by molar-refractivity contribution is 5.92. The summed E-state index contributed by atoms with van der Waals surface area (Å²) in [5, 5.41) is 4.94. The van der Waals surface area contributed by atoms with Crippen molar-refractivity contribution in [2.75, 3.05) is 12.4 Å². The lowest BCUT2D eigenvalue weighted by Gasteiger charge is -2.20. The summed E-state index contributed by atoms with van der Waals surface area (Å²) >= 11 is 0. The van der Waals surface area contributed by atoms with Crippen molar-refractivity contribution >= 4 is 17.7 Å². The summed E-state index contributed by atoms with van der Waals surface area (Å²) < 4.78 is 17.5. The van der Waals surface area contributed by atoms with Crippen molar-refractivity contribution in [2.24, 2.45) is 5.92 Å². The number of carbonyl (C=O) groups excluding carboxylic acids is 2. The molecule has 2 amide bonds. The highest BCUT2D eigenvalue weighted by Gasteiger charge is 2.24. The standard InChI is InChI=1S/C13H17FN2O3/c1-8(2)11(12(17)19-3)16-13(18)15-10-6-4-5-9(14)7-10/h4-8,11H,1-3H3,(H2,15,16,18). The molecular weight excluding hydrogens is 251 g/mol. The summed E-state index contributed by atoms with van der Waals surface area (Å²) in [5.74, 6) is -1.10. The van der Waals surface area contributed by atoms with Crippen LogP contribution in [-0.2, 0) is 9.53 Å². The van der Waals surface area contributed by atoms with Crippen LogP contribution in [0.25, 0.3) is 0 Å². The first-order valence-electron chi connectivity index (χ1n) is 5.85. The molecule has 0 aromatic heterocycles. The van der Waals surface area contributed by atoms with Crippen LogP contribution in [0.2, 0.25) is 0 Å². The molecule has 1 rings (SSSR count). The average molecular weight is 268 g/mol. The number of halogens is 1. The van der Waals surface area contributed by atoms with Crippen molar-refractivity contribution < 1.29 is 18.7 Å². The minimum Gasteiger partial charge on any atom is -0.467 e. The number of nitrogens with one attached hydrogen (secondary N) is 2. The van der Waals surface area contributed by atoms with Crippen molar-refractivity contribution in [1.82, 2.24) is 5.32 Å². The van der Waals surface area contributed by atoms with Gasteiger partial charge in [-0.2, -0.15) is 0 Å². The second-order valence-corrected chi connectivity index (χ2v) is 4.35. The van der Waals surface area contributed by atoms with Gasteiger partial charge < -0.3 is 15.4 Å². The van der Waals surface area contributed by atoms with E-state index < -0.39 is 23.9 Å². The second-order valence-electron chi connectivity index (χ2n) is 4.35. The van der Waals surface area contributed by atoms with E-state index in [4.69, 9.17) is 0 Å². The zero-order valence-electron chi connectivity index (χ0n) is 11.1. The molecule has 0 radical (unpaired) electrons. The number of esters is 1. The van der Waals surface area contributed by atoms with Gasteiger partial charge in [0.2, 0.25) is 0 Å². The fourth-order valence-electron chi connectivity index (χ4n) is 1.50. The first kappa shape index (κ1) is 14.9. The van der Waals surface area contributed by atoms with E-state index in [-0.39, 0.29) is 5.92 Å². The molecule has 0 fully saturated rings. The van der Waals surface area contributed by atoms with Gasteiger partial charge in [0, 0.05) is 5.69 Å². The first-order valence-corrected chi connectivity index (χ1v) is 5.85. The third-order valence-corrected chi connectivity index (χ3v) is 2.49. The van der Waals surface area contributed by atoms with E-state index in [1.807, 2.05) is 0 Å². The molecule has 0 aliphatic carbocycles. The number of urea groups is 1. The Morgan fingerprint density at radius 2 is 2.00 bits per heavy atom. The lowest BCUT2D eigenvalue weighted by Crippen LogP contribution is -2.46.